The molecule has 7 nitrogen and oxygen atoms in total. The first kappa shape index (κ1) is 22.8. The smallest absolute Gasteiger partial charge is 0.275 e. The van der Waals surface area contributed by atoms with Crippen LogP contribution in [0.15, 0.2) is 79.3 Å². The van der Waals surface area contributed by atoms with Gasteiger partial charge in [-0.25, -0.2) is 4.98 Å². The third kappa shape index (κ3) is 5.32. The Labute approximate surface area is 198 Å². The monoisotopic (exact) mass is 454 g/mol. The number of para-hydroxylation sites is 1. The number of methoxy groups -OCH3 is 1. The number of ether oxygens (including phenoxy) is 1. The fourth-order valence-electron chi connectivity index (χ4n) is 3.64. The van der Waals surface area contributed by atoms with Crippen molar-refractivity contribution >= 4 is 23.2 Å². The second kappa shape index (κ2) is 10.0. The van der Waals surface area contributed by atoms with Gasteiger partial charge in [0.25, 0.3) is 11.8 Å². The summed E-state index contributed by atoms with van der Waals surface area (Å²) in [5, 5.41) is 5.80. The van der Waals surface area contributed by atoms with Gasteiger partial charge in [0.05, 0.1) is 19.0 Å². The Balaban J connectivity index is 1.37. The van der Waals surface area contributed by atoms with E-state index in [0.717, 1.165) is 22.4 Å². The second-order valence-corrected chi connectivity index (χ2v) is 8.06. The van der Waals surface area contributed by atoms with Crippen LogP contribution in [0.1, 0.15) is 37.5 Å². The van der Waals surface area contributed by atoms with Crippen molar-refractivity contribution in [1.29, 1.82) is 0 Å². The van der Waals surface area contributed by atoms with Crippen molar-refractivity contribution < 1.29 is 14.3 Å². The maximum absolute atomic E-state index is 12.6. The topological polar surface area (TPSA) is 85.2 Å². The number of hydrogen-bond acceptors (Lipinski definition) is 4. The van der Waals surface area contributed by atoms with Gasteiger partial charge >= 0.3 is 0 Å². The van der Waals surface area contributed by atoms with Gasteiger partial charge in [0.15, 0.2) is 0 Å². The van der Waals surface area contributed by atoms with Crippen molar-refractivity contribution in [2.75, 3.05) is 17.7 Å². The van der Waals surface area contributed by atoms with Crippen LogP contribution in [0.4, 0.5) is 11.4 Å². The Morgan fingerprint density at radius 1 is 0.941 bits per heavy atom. The van der Waals surface area contributed by atoms with Crippen molar-refractivity contribution in [2.45, 2.75) is 20.4 Å². The van der Waals surface area contributed by atoms with Gasteiger partial charge < -0.3 is 19.9 Å². The SMILES string of the molecule is COc1ccccc1C(=O)Nc1ccc(Cn2cnc(C(=O)Nc3ccc(C)cc3C)c2)cc1. The van der Waals surface area contributed by atoms with E-state index < -0.39 is 0 Å². The molecule has 172 valence electrons. The molecule has 34 heavy (non-hydrogen) atoms. The first-order valence-corrected chi connectivity index (χ1v) is 10.9. The van der Waals surface area contributed by atoms with Crippen LogP contribution in [0.2, 0.25) is 0 Å². The number of rotatable bonds is 7. The fraction of sp³-hybridized carbons (Fsp3) is 0.148. The Bertz CT molecular complexity index is 1330. The molecule has 0 saturated carbocycles. The number of anilines is 2. The van der Waals surface area contributed by atoms with Gasteiger partial charge in [-0.05, 0) is 55.3 Å². The van der Waals surface area contributed by atoms with Crippen LogP contribution in [0.3, 0.4) is 0 Å². The summed E-state index contributed by atoms with van der Waals surface area (Å²) in [6, 6.07) is 20.5. The highest BCUT2D eigenvalue weighted by atomic mass is 16.5. The number of carbonyl (C=O) groups is 2. The number of nitrogens with zero attached hydrogens (tertiary/aromatic N) is 2. The molecular weight excluding hydrogens is 428 g/mol. The zero-order chi connectivity index (χ0) is 24.1. The average Bonchev–Trinajstić information content (AvgIpc) is 3.30. The van der Waals surface area contributed by atoms with Gasteiger partial charge in [0.1, 0.15) is 11.4 Å². The van der Waals surface area contributed by atoms with E-state index in [1.807, 2.05) is 66.9 Å². The zero-order valence-electron chi connectivity index (χ0n) is 19.3. The van der Waals surface area contributed by atoms with E-state index in [1.54, 1.807) is 30.7 Å². The molecule has 0 aliphatic carbocycles. The number of aryl methyl sites for hydroxylation is 2. The summed E-state index contributed by atoms with van der Waals surface area (Å²) in [5.74, 6) is 0.0356. The van der Waals surface area contributed by atoms with Gasteiger partial charge in [-0.15, -0.1) is 0 Å². The summed E-state index contributed by atoms with van der Waals surface area (Å²) >= 11 is 0. The third-order valence-corrected chi connectivity index (χ3v) is 5.42. The lowest BCUT2D eigenvalue weighted by atomic mass is 10.1. The Hall–Kier alpha value is -4.39. The minimum Gasteiger partial charge on any atom is -0.496 e. The third-order valence-electron chi connectivity index (χ3n) is 5.42. The van der Waals surface area contributed by atoms with Gasteiger partial charge in [-0.3, -0.25) is 9.59 Å². The van der Waals surface area contributed by atoms with Crippen LogP contribution in [0.5, 0.6) is 5.75 Å². The van der Waals surface area contributed by atoms with Gasteiger partial charge in [-0.2, -0.15) is 0 Å². The summed E-state index contributed by atoms with van der Waals surface area (Å²) < 4.78 is 7.10. The lowest BCUT2D eigenvalue weighted by Gasteiger charge is -2.10. The van der Waals surface area contributed by atoms with Gasteiger partial charge in [0.2, 0.25) is 0 Å². The number of benzene rings is 3. The highest BCUT2D eigenvalue weighted by Crippen LogP contribution is 2.20. The zero-order valence-corrected chi connectivity index (χ0v) is 19.3. The Morgan fingerprint density at radius 2 is 1.71 bits per heavy atom. The minimum atomic E-state index is -0.250. The Kier molecular flexibility index (Phi) is 6.73. The van der Waals surface area contributed by atoms with Crippen LogP contribution in [0, 0.1) is 13.8 Å². The molecule has 0 bridgehead atoms. The molecule has 4 rings (SSSR count). The molecule has 0 spiro atoms. The quantitative estimate of drug-likeness (QED) is 0.409. The van der Waals surface area contributed by atoms with E-state index in [1.165, 1.54) is 7.11 Å². The first-order valence-electron chi connectivity index (χ1n) is 10.9. The molecule has 0 unspecified atom stereocenters. The van der Waals surface area contributed by atoms with E-state index in [4.69, 9.17) is 4.74 Å². The summed E-state index contributed by atoms with van der Waals surface area (Å²) in [7, 11) is 1.54. The van der Waals surface area contributed by atoms with Crippen LogP contribution >= 0.6 is 0 Å². The first-order chi connectivity index (χ1) is 16.4. The van der Waals surface area contributed by atoms with E-state index in [0.29, 0.717) is 29.2 Å². The molecule has 0 aliphatic rings. The van der Waals surface area contributed by atoms with Gasteiger partial charge in [-0.1, -0.05) is 42.0 Å². The van der Waals surface area contributed by atoms with E-state index in [-0.39, 0.29) is 11.8 Å². The number of hydrogen-bond donors (Lipinski definition) is 2. The lowest BCUT2D eigenvalue weighted by Crippen LogP contribution is -2.13. The van der Waals surface area contributed by atoms with Crippen LogP contribution in [-0.4, -0.2) is 28.5 Å². The second-order valence-electron chi connectivity index (χ2n) is 8.06. The number of carbonyl (C=O) groups excluding carboxylic acids is 2. The molecule has 0 radical (unpaired) electrons. The predicted molar refractivity (Wildman–Crippen MR) is 133 cm³/mol. The standard InChI is InChI=1S/C27H26N4O3/c1-18-8-13-23(19(2)14-18)30-27(33)24-16-31(17-28-24)15-20-9-11-21(12-10-20)29-26(32)22-6-4-5-7-25(22)34-3/h4-14,16-17H,15H2,1-3H3,(H,29,32)(H,30,33). The normalized spacial score (nSPS) is 10.6. The van der Waals surface area contributed by atoms with Crippen LogP contribution < -0.4 is 15.4 Å². The molecule has 2 amide bonds. The molecule has 3 aromatic carbocycles. The highest BCUT2D eigenvalue weighted by molar-refractivity contribution is 6.06. The highest BCUT2D eigenvalue weighted by Gasteiger charge is 2.13. The largest absolute Gasteiger partial charge is 0.496 e. The molecule has 2 N–H and O–H groups in total. The lowest BCUT2D eigenvalue weighted by molar-refractivity contribution is 0.101. The molecule has 0 saturated heterocycles. The number of amides is 2. The summed E-state index contributed by atoms with van der Waals surface area (Å²) in [6.45, 7) is 4.52. The van der Waals surface area contributed by atoms with E-state index >= 15 is 0 Å². The molecule has 7 heteroatoms. The van der Waals surface area contributed by atoms with Crippen molar-refractivity contribution in [3.05, 3.63) is 107 Å². The number of aromatic nitrogens is 2. The van der Waals surface area contributed by atoms with Crippen molar-refractivity contribution in [2.24, 2.45) is 0 Å². The van der Waals surface area contributed by atoms with E-state index in [9.17, 15) is 9.59 Å². The summed E-state index contributed by atoms with van der Waals surface area (Å²) in [6.07, 6.45) is 3.35. The molecular formula is C27H26N4O3. The van der Waals surface area contributed by atoms with Crippen molar-refractivity contribution in [3.8, 4) is 5.75 Å². The minimum absolute atomic E-state index is 0.237. The van der Waals surface area contributed by atoms with E-state index in [2.05, 4.69) is 15.6 Å². The van der Waals surface area contributed by atoms with Crippen LogP contribution in [-0.2, 0) is 6.54 Å². The average molecular weight is 455 g/mol. The Morgan fingerprint density at radius 3 is 2.44 bits per heavy atom. The molecule has 1 heterocycles. The molecule has 0 aliphatic heterocycles. The molecule has 1 aromatic heterocycles. The maximum Gasteiger partial charge on any atom is 0.275 e. The maximum atomic E-state index is 12.6. The van der Waals surface area contributed by atoms with Crippen molar-refractivity contribution in [1.82, 2.24) is 9.55 Å². The molecule has 0 atom stereocenters. The van der Waals surface area contributed by atoms with Gasteiger partial charge in [0, 0.05) is 24.1 Å². The summed E-state index contributed by atoms with van der Waals surface area (Å²) in [4.78, 5) is 29.4. The number of nitrogens with one attached hydrogen (secondary N) is 2. The number of imidazole rings is 1. The molecule has 4 aromatic rings. The predicted octanol–water partition coefficient (Wildman–Crippen LogP) is 5.06. The van der Waals surface area contributed by atoms with Crippen LogP contribution in [0.25, 0.3) is 0 Å². The summed E-state index contributed by atoms with van der Waals surface area (Å²) in [5.41, 5.74) is 5.43. The fourth-order valence-corrected chi connectivity index (χ4v) is 3.64. The molecule has 0 fully saturated rings. The van der Waals surface area contributed by atoms with Crippen molar-refractivity contribution in [3.63, 3.8) is 0 Å².